The molecule has 4 heterocycles. The molecule has 1 aromatic heterocycles. The minimum absolute atomic E-state index is 0.155. The highest BCUT2D eigenvalue weighted by atomic mass is 16.7. The van der Waals surface area contributed by atoms with Gasteiger partial charge in [0.05, 0.1) is 16.9 Å². The Labute approximate surface area is 190 Å². The molecule has 172 valence electrons. The van der Waals surface area contributed by atoms with Crippen molar-refractivity contribution in [3.63, 3.8) is 0 Å². The third kappa shape index (κ3) is 3.63. The van der Waals surface area contributed by atoms with Crippen LogP contribution in [0.2, 0.25) is 0 Å². The van der Waals surface area contributed by atoms with E-state index >= 15 is 0 Å². The van der Waals surface area contributed by atoms with Gasteiger partial charge in [0.2, 0.25) is 6.79 Å². The number of aliphatic hydroxyl groups is 1. The lowest BCUT2D eigenvalue weighted by atomic mass is 9.96. The van der Waals surface area contributed by atoms with E-state index in [1.807, 2.05) is 38.2 Å². The predicted molar refractivity (Wildman–Crippen MR) is 120 cm³/mol. The summed E-state index contributed by atoms with van der Waals surface area (Å²) in [4.78, 5) is 32.6. The maximum Gasteiger partial charge on any atom is 0.340 e. The number of carbonyl (C=O) groups excluding carboxylic acids is 2. The molecule has 3 aliphatic rings. The molecular formula is C24H25N3O6. The Morgan fingerprint density at radius 1 is 1.24 bits per heavy atom. The van der Waals surface area contributed by atoms with Gasteiger partial charge in [-0.1, -0.05) is 0 Å². The first-order valence-corrected chi connectivity index (χ1v) is 10.7. The highest BCUT2D eigenvalue weighted by Gasteiger charge is 2.33. The second kappa shape index (κ2) is 8.17. The molecule has 0 fully saturated rings. The second-order valence-corrected chi connectivity index (χ2v) is 8.69. The summed E-state index contributed by atoms with van der Waals surface area (Å²) >= 11 is 0. The van der Waals surface area contributed by atoms with Gasteiger partial charge in [0.1, 0.15) is 12.9 Å². The number of benzene rings is 1. The van der Waals surface area contributed by atoms with Crippen LogP contribution in [0.3, 0.4) is 0 Å². The third-order valence-corrected chi connectivity index (χ3v) is 6.25. The number of hydrogen-bond acceptors (Lipinski definition) is 9. The smallest absolute Gasteiger partial charge is 0.340 e. The Morgan fingerprint density at radius 2 is 2.00 bits per heavy atom. The minimum Gasteiger partial charge on any atom is -0.459 e. The number of cyclic esters (lactones) is 1. The molecule has 9 nitrogen and oxygen atoms in total. The number of likely N-dealkylation sites (N-methyl/N-ethyl adjacent to an activating group) is 1. The fourth-order valence-corrected chi connectivity index (χ4v) is 4.48. The molecule has 33 heavy (non-hydrogen) atoms. The van der Waals surface area contributed by atoms with Crippen molar-refractivity contribution >= 4 is 28.9 Å². The van der Waals surface area contributed by atoms with Crippen LogP contribution in [-0.4, -0.2) is 79.3 Å². The number of pyridine rings is 1. The summed E-state index contributed by atoms with van der Waals surface area (Å²) in [6, 6.07) is 3.88. The van der Waals surface area contributed by atoms with Crippen molar-refractivity contribution in [1.82, 2.24) is 14.8 Å². The number of rotatable bonds is 5. The molecule has 1 aromatic carbocycles. The molecular weight excluding hydrogens is 426 g/mol. The summed E-state index contributed by atoms with van der Waals surface area (Å²) in [5, 5.41) is 11.4. The summed E-state index contributed by atoms with van der Waals surface area (Å²) in [6.07, 6.45) is 1.61. The fourth-order valence-electron chi connectivity index (χ4n) is 4.48. The molecule has 0 bridgehead atoms. The number of hydrogen-bond donors (Lipinski definition) is 1. The van der Waals surface area contributed by atoms with Crippen LogP contribution in [-0.2, 0) is 27.3 Å². The highest BCUT2D eigenvalue weighted by Crippen LogP contribution is 2.42. The lowest BCUT2D eigenvalue weighted by Crippen LogP contribution is -2.32. The Kier molecular flexibility index (Phi) is 5.30. The van der Waals surface area contributed by atoms with Crippen LogP contribution in [0.4, 0.5) is 0 Å². The van der Waals surface area contributed by atoms with Crippen LogP contribution in [0.5, 0.6) is 11.5 Å². The van der Waals surface area contributed by atoms with E-state index in [2.05, 4.69) is 4.90 Å². The van der Waals surface area contributed by atoms with Crippen molar-refractivity contribution in [3.05, 3.63) is 46.2 Å². The first-order chi connectivity index (χ1) is 15.9. The Morgan fingerprint density at radius 3 is 2.73 bits per heavy atom. The molecule has 0 unspecified atom stereocenters. The third-order valence-electron chi connectivity index (χ3n) is 6.25. The summed E-state index contributed by atoms with van der Waals surface area (Å²) in [5.74, 6) is 0.600. The Bertz CT molecular complexity index is 1230. The fraction of sp³-hybridized carbons (Fsp3) is 0.375. The maximum atomic E-state index is 11.9. The van der Waals surface area contributed by atoms with Crippen LogP contribution >= 0.6 is 0 Å². The lowest BCUT2D eigenvalue weighted by molar-refractivity contribution is -0.151. The quantitative estimate of drug-likeness (QED) is 0.532. The first-order valence-electron chi connectivity index (χ1n) is 10.7. The van der Waals surface area contributed by atoms with E-state index in [1.165, 1.54) is 5.56 Å². The molecule has 3 aliphatic heterocycles. The molecule has 9 heteroatoms. The van der Waals surface area contributed by atoms with E-state index in [4.69, 9.17) is 19.2 Å². The van der Waals surface area contributed by atoms with Gasteiger partial charge >= 0.3 is 5.97 Å². The molecule has 0 saturated carbocycles. The number of aldehydes is 1. The standard InChI is InChI=1S/C24H25N3O6/c1-26(2)5-4-14-16-7-20-21(33-12-32-20)8-18(16)25-22-17(14)9-27(3)19(22)6-15-13(10-28)11-31-24(30)23(15)29/h6-8,10,23,29H,4-5,9,11-12H2,1-3H3/b19-6-/t23-/m0/s1. The van der Waals surface area contributed by atoms with Crippen molar-refractivity contribution in [3.8, 4) is 11.5 Å². The number of carbonyl (C=O) groups is 2. The van der Waals surface area contributed by atoms with Gasteiger partial charge in [-0.3, -0.25) is 4.79 Å². The van der Waals surface area contributed by atoms with Gasteiger partial charge in [0.25, 0.3) is 0 Å². The Hall–Kier alpha value is -3.43. The summed E-state index contributed by atoms with van der Waals surface area (Å²) < 4.78 is 16.1. The highest BCUT2D eigenvalue weighted by molar-refractivity contribution is 5.92. The van der Waals surface area contributed by atoms with E-state index in [1.54, 1.807) is 6.08 Å². The number of fused-ring (bicyclic) bond motifs is 3. The zero-order valence-electron chi connectivity index (χ0n) is 18.8. The summed E-state index contributed by atoms with van der Waals surface area (Å²) in [6.45, 7) is 1.50. The van der Waals surface area contributed by atoms with Crippen molar-refractivity contribution in [2.45, 2.75) is 19.1 Å². The van der Waals surface area contributed by atoms with Crippen LogP contribution in [0, 0.1) is 0 Å². The maximum absolute atomic E-state index is 11.9. The molecule has 0 aliphatic carbocycles. The average Bonchev–Trinajstić information content (AvgIpc) is 3.36. The van der Waals surface area contributed by atoms with E-state index in [-0.39, 0.29) is 24.5 Å². The van der Waals surface area contributed by atoms with Crippen molar-refractivity contribution < 1.29 is 28.9 Å². The van der Waals surface area contributed by atoms with Crippen molar-refractivity contribution in [1.29, 1.82) is 0 Å². The molecule has 1 N–H and O–H groups in total. The minimum atomic E-state index is -1.51. The topological polar surface area (TPSA) is 101 Å². The molecule has 5 rings (SSSR count). The van der Waals surface area contributed by atoms with Gasteiger partial charge in [-0.05, 0) is 38.2 Å². The Balaban J connectivity index is 1.70. The summed E-state index contributed by atoms with van der Waals surface area (Å²) in [5.41, 5.74) is 5.02. The van der Waals surface area contributed by atoms with Crippen LogP contribution in [0.25, 0.3) is 16.6 Å². The monoisotopic (exact) mass is 451 g/mol. The van der Waals surface area contributed by atoms with Gasteiger partial charge in [-0.2, -0.15) is 0 Å². The zero-order valence-corrected chi connectivity index (χ0v) is 18.8. The average molecular weight is 451 g/mol. The molecule has 0 radical (unpaired) electrons. The van der Waals surface area contributed by atoms with E-state index in [9.17, 15) is 14.7 Å². The number of esters is 1. The first kappa shape index (κ1) is 21.4. The molecule has 0 amide bonds. The predicted octanol–water partition coefficient (Wildman–Crippen LogP) is 1.27. The van der Waals surface area contributed by atoms with Gasteiger partial charge < -0.3 is 29.1 Å². The second-order valence-electron chi connectivity index (χ2n) is 8.69. The van der Waals surface area contributed by atoms with E-state index < -0.39 is 12.1 Å². The molecule has 2 aromatic rings. The van der Waals surface area contributed by atoms with E-state index in [0.717, 1.165) is 40.8 Å². The van der Waals surface area contributed by atoms with Crippen molar-refractivity contribution in [2.75, 3.05) is 41.1 Å². The van der Waals surface area contributed by atoms with Crippen LogP contribution in [0.15, 0.2) is 29.4 Å². The largest absolute Gasteiger partial charge is 0.459 e. The van der Waals surface area contributed by atoms with E-state index in [0.29, 0.717) is 24.3 Å². The lowest BCUT2D eigenvalue weighted by Gasteiger charge is -2.21. The number of aromatic nitrogens is 1. The van der Waals surface area contributed by atoms with Crippen molar-refractivity contribution in [2.24, 2.45) is 0 Å². The normalized spacial score (nSPS) is 20.8. The summed E-state index contributed by atoms with van der Waals surface area (Å²) in [7, 11) is 5.99. The number of nitrogens with zero attached hydrogens (tertiary/aromatic N) is 3. The molecule has 1 atom stereocenters. The zero-order chi connectivity index (χ0) is 23.3. The number of ether oxygens (including phenoxy) is 3. The molecule has 0 spiro atoms. The van der Waals surface area contributed by atoms with Gasteiger partial charge in [-0.15, -0.1) is 0 Å². The van der Waals surface area contributed by atoms with Crippen LogP contribution in [0.1, 0.15) is 16.8 Å². The van der Waals surface area contributed by atoms with Crippen LogP contribution < -0.4 is 9.47 Å². The van der Waals surface area contributed by atoms with Gasteiger partial charge in [0, 0.05) is 48.3 Å². The molecule has 0 saturated heterocycles. The van der Waals surface area contributed by atoms with Gasteiger partial charge in [0.15, 0.2) is 17.6 Å². The SMILES string of the molecule is CN(C)CCc1c2c(nc3cc4c(cc13)OCO4)/C(=C/C1=C(C=O)COC(=O)[C@H]1O)N(C)C2. The van der Waals surface area contributed by atoms with Gasteiger partial charge in [-0.25, -0.2) is 9.78 Å². The number of aliphatic hydroxyl groups excluding tert-OH is 1.